The highest BCUT2D eigenvalue weighted by Crippen LogP contribution is 2.37. The van der Waals surface area contributed by atoms with E-state index in [1.54, 1.807) is 0 Å². The molecule has 0 unspecified atom stereocenters. The molecule has 7 rings (SSSR count). The number of amides is 1. The fourth-order valence-corrected chi connectivity index (χ4v) is 6.92. The molecule has 0 aliphatic carbocycles. The summed E-state index contributed by atoms with van der Waals surface area (Å²) in [6.45, 7) is 7.07. The van der Waals surface area contributed by atoms with Crippen LogP contribution in [-0.4, -0.2) is 82.6 Å². The number of anilines is 1. The molecule has 9 heteroatoms. The predicted molar refractivity (Wildman–Crippen MR) is 142 cm³/mol. The molecule has 3 saturated heterocycles. The minimum Gasteiger partial charge on any atom is -0.378 e. The number of morpholine rings is 1. The molecule has 186 valence electrons. The van der Waals surface area contributed by atoms with E-state index in [1.807, 2.05) is 17.5 Å². The SMILES string of the molecule is O=C1CCN1C1CCN(Cc2cc3nc(-c4cccc5[nH]ccc45)nc(N4CCOCC4)c3s2)CC1. The Hall–Kier alpha value is -3.01. The van der Waals surface area contributed by atoms with Gasteiger partial charge in [-0.2, -0.15) is 0 Å². The van der Waals surface area contributed by atoms with E-state index >= 15 is 0 Å². The molecule has 0 bridgehead atoms. The van der Waals surface area contributed by atoms with Crippen molar-refractivity contribution in [1.29, 1.82) is 0 Å². The predicted octanol–water partition coefficient (Wildman–Crippen LogP) is 3.87. The van der Waals surface area contributed by atoms with Crippen molar-refractivity contribution in [2.45, 2.75) is 31.8 Å². The molecule has 1 N–H and O–H groups in total. The first kappa shape index (κ1) is 22.2. The third-order valence-corrected chi connectivity index (χ3v) is 8.92. The van der Waals surface area contributed by atoms with Gasteiger partial charge >= 0.3 is 0 Å². The topological polar surface area (TPSA) is 77.6 Å². The molecule has 3 aromatic heterocycles. The number of thiophene rings is 1. The molecular formula is C27H30N6O2S. The molecule has 0 spiro atoms. The van der Waals surface area contributed by atoms with Gasteiger partial charge in [-0.3, -0.25) is 9.69 Å². The summed E-state index contributed by atoms with van der Waals surface area (Å²) in [5.74, 6) is 2.13. The van der Waals surface area contributed by atoms with E-state index in [0.29, 0.717) is 11.9 Å². The first-order valence-electron chi connectivity index (χ1n) is 12.9. The number of piperidine rings is 1. The van der Waals surface area contributed by atoms with Crippen LogP contribution in [0, 0.1) is 0 Å². The minimum absolute atomic E-state index is 0.332. The average Bonchev–Trinajstić information content (AvgIpc) is 3.55. The number of nitrogens with one attached hydrogen (secondary N) is 1. The fourth-order valence-electron chi connectivity index (χ4n) is 5.76. The summed E-state index contributed by atoms with van der Waals surface area (Å²) in [6, 6.07) is 11.1. The highest BCUT2D eigenvalue weighted by Gasteiger charge is 2.33. The van der Waals surface area contributed by atoms with E-state index in [2.05, 4.69) is 50.0 Å². The van der Waals surface area contributed by atoms with Crippen molar-refractivity contribution in [1.82, 2.24) is 24.8 Å². The van der Waals surface area contributed by atoms with Crippen LogP contribution in [0.1, 0.15) is 24.1 Å². The number of nitrogens with zero attached hydrogens (tertiary/aromatic N) is 5. The van der Waals surface area contributed by atoms with Gasteiger partial charge < -0.3 is 19.5 Å². The Morgan fingerprint density at radius 1 is 1.06 bits per heavy atom. The number of H-pyrrole nitrogens is 1. The zero-order valence-electron chi connectivity index (χ0n) is 20.3. The van der Waals surface area contributed by atoms with Crippen molar-refractivity contribution in [3.63, 3.8) is 0 Å². The number of ether oxygens (including phenoxy) is 1. The van der Waals surface area contributed by atoms with Crippen molar-refractivity contribution >= 4 is 44.2 Å². The summed E-state index contributed by atoms with van der Waals surface area (Å²) < 4.78 is 6.79. The molecule has 36 heavy (non-hydrogen) atoms. The summed E-state index contributed by atoms with van der Waals surface area (Å²) in [5.41, 5.74) is 3.18. The van der Waals surface area contributed by atoms with E-state index in [1.165, 1.54) is 4.88 Å². The smallest absolute Gasteiger partial charge is 0.224 e. The quantitative estimate of drug-likeness (QED) is 0.418. The Morgan fingerprint density at radius 3 is 2.69 bits per heavy atom. The van der Waals surface area contributed by atoms with Crippen molar-refractivity contribution in [2.75, 3.05) is 50.8 Å². The van der Waals surface area contributed by atoms with E-state index in [9.17, 15) is 4.79 Å². The fraction of sp³-hybridized carbons (Fsp3) is 0.444. The summed E-state index contributed by atoms with van der Waals surface area (Å²) in [5, 5.41) is 1.14. The van der Waals surface area contributed by atoms with Gasteiger partial charge in [-0.05, 0) is 31.0 Å². The van der Waals surface area contributed by atoms with Gasteiger partial charge in [0.1, 0.15) is 0 Å². The molecule has 4 aromatic rings. The van der Waals surface area contributed by atoms with Gasteiger partial charge in [0.05, 0.1) is 23.4 Å². The second-order valence-corrected chi connectivity index (χ2v) is 11.1. The van der Waals surface area contributed by atoms with E-state index in [-0.39, 0.29) is 0 Å². The second kappa shape index (κ2) is 9.14. The zero-order valence-corrected chi connectivity index (χ0v) is 21.1. The number of aromatic nitrogens is 3. The Labute approximate surface area is 213 Å². The summed E-state index contributed by atoms with van der Waals surface area (Å²) >= 11 is 1.82. The van der Waals surface area contributed by atoms with Crippen LogP contribution < -0.4 is 4.90 Å². The number of hydrogen-bond donors (Lipinski definition) is 1. The van der Waals surface area contributed by atoms with E-state index < -0.39 is 0 Å². The molecule has 8 nitrogen and oxygen atoms in total. The molecule has 0 atom stereocenters. The number of rotatable bonds is 5. The van der Waals surface area contributed by atoms with Crippen LogP contribution >= 0.6 is 11.3 Å². The number of aromatic amines is 1. The van der Waals surface area contributed by atoms with Gasteiger partial charge in [0.15, 0.2) is 11.6 Å². The Balaban J connectivity index is 1.20. The minimum atomic E-state index is 0.332. The lowest BCUT2D eigenvalue weighted by Gasteiger charge is -2.42. The monoisotopic (exact) mass is 502 g/mol. The van der Waals surface area contributed by atoms with Gasteiger partial charge in [0.25, 0.3) is 0 Å². The van der Waals surface area contributed by atoms with Crippen molar-refractivity contribution in [2.24, 2.45) is 0 Å². The van der Waals surface area contributed by atoms with E-state index in [0.717, 1.165) is 110 Å². The van der Waals surface area contributed by atoms with Gasteiger partial charge in [-0.15, -0.1) is 11.3 Å². The first-order valence-corrected chi connectivity index (χ1v) is 13.8. The Morgan fingerprint density at radius 2 is 1.92 bits per heavy atom. The molecule has 1 amide bonds. The average molecular weight is 503 g/mol. The molecule has 3 fully saturated rings. The van der Waals surface area contributed by atoms with Gasteiger partial charge in [0, 0.05) is 79.3 Å². The summed E-state index contributed by atoms with van der Waals surface area (Å²) in [7, 11) is 0. The van der Waals surface area contributed by atoms with Gasteiger partial charge in [0.2, 0.25) is 5.91 Å². The number of likely N-dealkylation sites (tertiary alicyclic amines) is 2. The zero-order chi connectivity index (χ0) is 24.1. The van der Waals surface area contributed by atoms with Crippen molar-refractivity contribution < 1.29 is 9.53 Å². The molecular weight excluding hydrogens is 472 g/mol. The Kier molecular flexibility index (Phi) is 5.64. The molecule has 1 aromatic carbocycles. The number of β-lactam (4-membered cyclic amide) rings is 1. The van der Waals surface area contributed by atoms with Gasteiger partial charge in [-0.25, -0.2) is 9.97 Å². The van der Waals surface area contributed by atoms with Crippen LogP contribution in [0.2, 0.25) is 0 Å². The van der Waals surface area contributed by atoms with Crippen LogP contribution in [0.15, 0.2) is 36.5 Å². The van der Waals surface area contributed by atoms with Crippen molar-refractivity contribution in [3.05, 3.63) is 41.4 Å². The number of fused-ring (bicyclic) bond motifs is 2. The first-order chi connectivity index (χ1) is 17.7. The van der Waals surface area contributed by atoms with Gasteiger partial charge in [-0.1, -0.05) is 12.1 Å². The maximum Gasteiger partial charge on any atom is 0.224 e. The van der Waals surface area contributed by atoms with Crippen molar-refractivity contribution in [3.8, 4) is 11.4 Å². The maximum atomic E-state index is 11.8. The number of hydrogen-bond acceptors (Lipinski definition) is 7. The lowest BCUT2D eigenvalue weighted by Crippen LogP contribution is -2.53. The molecule has 6 heterocycles. The lowest BCUT2D eigenvalue weighted by atomic mass is 9.99. The van der Waals surface area contributed by atoms with Crippen LogP contribution in [0.5, 0.6) is 0 Å². The third-order valence-electron chi connectivity index (χ3n) is 7.82. The summed E-state index contributed by atoms with van der Waals surface area (Å²) in [4.78, 5) is 33.6. The summed E-state index contributed by atoms with van der Waals surface area (Å²) in [6.07, 6.45) is 4.84. The number of benzene rings is 1. The Bertz CT molecular complexity index is 1420. The maximum absolute atomic E-state index is 11.8. The standard InChI is InChI=1S/C27H30N6O2S/c34-24-7-11-33(24)18-5-9-31(10-6-18)17-19-16-23-25(36-19)27(32-12-14-35-15-13-32)30-26(29-23)21-2-1-3-22-20(21)4-8-28-22/h1-4,8,16,18,28H,5-7,9-15,17H2. The molecule has 3 aliphatic heterocycles. The largest absolute Gasteiger partial charge is 0.378 e. The third kappa shape index (κ3) is 3.95. The van der Waals surface area contributed by atoms with E-state index in [4.69, 9.17) is 14.7 Å². The number of carbonyl (C=O) groups excluding carboxylic acids is 1. The number of carbonyl (C=O) groups is 1. The second-order valence-electron chi connectivity index (χ2n) is 9.99. The molecule has 0 saturated carbocycles. The van der Waals surface area contributed by atoms with Crippen LogP contribution in [0.25, 0.3) is 32.5 Å². The molecule has 0 radical (unpaired) electrons. The molecule has 3 aliphatic rings. The lowest BCUT2D eigenvalue weighted by molar-refractivity contribution is -0.144. The van der Waals surface area contributed by atoms with Crippen LogP contribution in [-0.2, 0) is 16.1 Å². The van der Waals surface area contributed by atoms with Crippen LogP contribution in [0.3, 0.4) is 0 Å². The highest BCUT2D eigenvalue weighted by atomic mass is 32.1. The van der Waals surface area contributed by atoms with Crippen LogP contribution in [0.4, 0.5) is 5.82 Å². The normalized spacial score (nSPS) is 19.9. The highest BCUT2D eigenvalue weighted by molar-refractivity contribution is 7.19.